The average Bonchev–Trinajstić information content (AvgIpc) is 3.17. The molecular weight excluding hydrogens is 424 g/mol. The van der Waals surface area contributed by atoms with Gasteiger partial charge in [0.25, 0.3) is 5.91 Å². The van der Waals surface area contributed by atoms with Crippen LogP contribution in [0.2, 0.25) is 5.02 Å². The third-order valence-electron chi connectivity index (χ3n) is 4.79. The summed E-state index contributed by atoms with van der Waals surface area (Å²) in [5.74, 6) is 0.486. The summed E-state index contributed by atoms with van der Waals surface area (Å²) in [5.41, 5.74) is 4.07. The van der Waals surface area contributed by atoms with Gasteiger partial charge in [0.15, 0.2) is 5.82 Å². The fourth-order valence-corrected chi connectivity index (χ4v) is 3.35. The maximum Gasteiger partial charge on any atom is 0.336 e. The number of nitrogens with one attached hydrogen (secondary N) is 1. The first-order valence-electron chi connectivity index (χ1n) is 10.3. The van der Waals surface area contributed by atoms with E-state index in [0.29, 0.717) is 28.1 Å². The van der Waals surface area contributed by atoms with Crippen LogP contribution in [-0.4, -0.2) is 26.8 Å². The predicted octanol–water partition coefficient (Wildman–Crippen LogP) is 5.94. The van der Waals surface area contributed by atoms with Crippen LogP contribution in [0.1, 0.15) is 29.8 Å². The number of nitrogens with zero attached hydrogens (tertiary/aromatic N) is 3. The van der Waals surface area contributed by atoms with Gasteiger partial charge in [0.2, 0.25) is 0 Å². The summed E-state index contributed by atoms with van der Waals surface area (Å²) in [6.07, 6.45) is -0.0407. The van der Waals surface area contributed by atoms with Crippen molar-refractivity contribution in [3.63, 3.8) is 0 Å². The first-order valence-corrected chi connectivity index (χ1v) is 10.7. The number of halogens is 1. The largest absolute Gasteiger partial charge is 0.460 e. The molecule has 3 aromatic carbocycles. The van der Waals surface area contributed by atoms with Gasteiger partial charge in [-0.15, -0.1) is 5.10 Å². The molecule has 1 amide bonds. The van der Waals surface area contributed by atoms with Gasteiger partial charge in [0, 0.05) is 21.8 Å². The summed E-state index contributed by atoms with van der Waals surface area (Å²) in [6, 6.07) is 22.5. The maximum atomic E-state index is 12.5. The number of aromatic nitrogens is 3. The zero-order chi connectivity index (χ0) is 22.7. The molecule has 0 aliphatic carbocycles. The van der Waals surface area contributed by atoms with E-state index in [1.807, 2.05) is 69.3 Å². The van der Waals surface area contributed by atoms with Gasteiger partial charge in [0.1, 0.15) is 0 Å². The lowest BCUT2D eigenvalue weighted by atomic mass is 10.1. The van der Waals surface area contributed by atoms with Crippen LogP contribution in [0.25, 0.3) is 17.1 Å². The molecule has 1 heterocycles. The number of hydrogen-bond donors (Lipinski definition) is 1. The molecule has 0 spiro atoms. The van der Waals surface area contributed by atoms with Crippen LogP contribution >= 0.6 is 11.6 Å². The number of hydrogen-bond acceptors (Lipinski definition) is 4. The van der Waals surface area contributed by atoms with Crippen molar-refractivity contribution in [2.75, 3.05) is 5.32 Å². The first-order chi connectivity index (χ1) is 15.4. The van der Waals surface area contributed by atoms with Crippen LogP contribution in [0, 0.1) is 6.92 Å². The highest BCUT2D eigenvalue weighted by molar-refractivity contribution is 6.30. The molecular formula is C25H23ClN4O2. The highest BCUT2D eigenvalue weighted by Gasteiger charge is 2.17. The number of amides is 1. The SMILES string of the molecule is Cc1ccccc1-c1nc(OC(C)C)nn1-c1ccc(NC(=O)c2ccc(Cl)cc2)cc1. The van der Waals surface area contributed by atoms with Crippen molar-refractivity contribution in [1.29, 1.82) is 0 Å². The second-order valence-corrected chi connectivity index (χ2v) is 8.06. The minimum absolute atomic E-state index is 0.0407. The Labute approximate surface area is 191 Å². The van der Waals surface area contributed by atoms with E-state index < -0.39 is 0 Å². The van der Waals surface area contributed by atoms with Gasteiger partial charge >= 0.3 is 6.01 Å². The van der Waals surface area contributed by atoms with Gasteiger partial charge in [-0.2, -0.15) is 4.98 Å². The number of carbonyl (C=O) groups is 1. The number of benzene rings is 3. The molecule has 0 atom stereocenters. The highest BCUT2D eigenvalue weighted by Crippen LogP contribution is 2.27. The van der Waals surface area contributed by atoms with E-state index in [2.05, 4.69) is 15.4 Å². The standard InChI is InChI=1S/C25H23ClN4O2/c1-16(2)32-25-28-23(22-7-5-4-6-17(22)3)30(29-25)21-14-12-20(13-15-21)27-24(31)18-8-10-19(26)11-9-18/h4-16H,1-3H3,(H,27,31). The van der Waals surface area contributed by atoms with Gasteiger partial charge in [-0.3, -0.25) is 4.79 Å². The molecule has 4 aromatic rings. The molecule has 0 saturated carbocycles. The summed E-state index contributed by atoms with van der Waals surface area (Å²) in [7, 11) is 0. The molecule has 1 aromatic heterocycles. The monoisotopic (exact) mass is 446 g/mol. The van der Waals surface area contributed by atoms with Crippen molar-refractivity contribution in [1.82, 2.24) is 14.8 Å². The second kappa shape index (κ2) is 9.24. The van der Waals surface area contributed by atoms with Crippen molar-refractivity contribution in [2.45, 2.75) is 26.9 Å². The van der Waals surface area contributed by atoms with Crippen molar-refractivity contribution in [2.24, 2.45) is 0 Å². The van der Waals surface area contributed by atoms with Crippen LogP contribution in [0.5, 0.6) is 6.01 Å². The average molecular weight is 447 g/mol. The molecule has 0 aliphatic heterocycles. The summed E-state index contributed by atoms with van der Waals surface area (Å²) in [4.78, 5) is 17.1. The van der Waals surface area contributed by atoms with Crippen LogP contribution in [0.4, 0.5) is 5.69 Å². The van der Waals surface area contributed by atoms with Crippen molar-refractivity contribution < 1.29 is 9.53 Å². The number of anilines is 1. The van der Waals surface area contributed by atoms with Crippen molar-refractivity contribution in [3.05, 3.63) is 88.9 Å². The highest BCUT2D eigenvalue weighted by atomic mass is 35.5. The third-order valence-corrected chi connectivity index (χ3v) is 5.04. The van der Waals surface area contributed by atoms with E-state index in [-0.39, 0.29) is 12.0 Å². The fraction of sp³-hybridized carbons (Fsp3) is 0.160. The second-order valence-electron chi connectivity index (χ2n) is 7.62. The van der Waals surface area contributed by atoms with E-state index in [4.69, 9.17) is 16.3 Å². The summed E-state index contributed by atoms with van der Waals surface area (Å²) in [5, 5.41) is 8.05. The Hall–Kier alpha value is -3.64. The molecule has 0 aliphatic rings. The van der Waals surface area contributed by atoms with Crippen LogP contribution in [0.3, 0.4) is 0 Å². The quantitative estimate of drug-likeness (QED) is 0.398. The van der Waals surface area contributed by atoms with E-state index in [1.54, 1.807) is 28.9 Å². The molecule has 32 heavy (non-hydrogen) atoms. The topological polar surface area (TPSA) is 69.0 Å². The van der Waals surface area contributed by atoms with Gasteiger partial charge in [0.05, 0.1) is 11.8 Å². The van der Waals surface area contributed by atoms with E-state index in [1.165, 1.54) is 0 Å². The summed E-state index contributed by atoms with van der Waals surface area (Å²) >= 11 is 5.89. The summed E-state index contributed by atoms with van der Waals surface area (Å²) < 4.78 is 7.50. The Kier molecular flexibility index (Phi) is 6.23. The molecule has 0 fully saturated rings. The smallest absolute Gasteiger partial charge is 0.336 e. The van der Waals surface area contributed by atoms with Crippen molar-refractivity contribution >= 4 is 23.2 Å². The minimum atomic E-state index is -0.205. The molecule has 7 heteroatoms. The Morgan fingerprint density at radius 3 is 2.34 bits per heavy atom. The number of ether oxygens (including phenoxy) is 1. The number of rotatable bonds is 6. The van der Waals surface area contributed by atoms with Gasteiger partial charge in [-0.05, 0) is 74.9 Å². The van der Waals surface area contributed by atoms with Crippen molar-refractivity contribution in [3.8, 4) is 23.1 Å². The molecule has 0 bridgehead atoms. The molecule has 162 valence electrons. The van der Waals surface area contributed by atoms with E-state index >= 15 is 0 Å². The Balaban J connectivity index is 1.63. The zero-order valence-corrected chi connectivity index (χ0v) is 18.8. The molecule has 4 rings (SSSR count). The lowest BCUT2D eigenvalue weighted by Crippen LogP contribution is -2.11. The van der Waals surface area contributed by atoms with Crippen LogP contribution in [0.15, 0.2) is 72.8 Å². The fourth-order valence-electron chi connectivity index (χ4n) is 3.22. The Morgan fingerprint density at radius 2 is 1.69 bits per heavy atom. The van der Waals surface area contributed by atoms with Crippen LogP contribution in [-0.2, 0) is 0 Å². The van der Waals surface area contributed by atoms with Gasteiger partial charge < -0.3 is 10.1 Å². The third kappa shape index (κ3) is 4.81. The first kappa shape index (κ1) is 21.6. The zero-order valence-electron chi connectivity index (χ0n) is 18.0. The summed E-state index contributed by atoms with van der Waals surface area (Å²) in [6.45, 7) is 5.91. The molecule has 1 N–H and O–H groups in total. The lowest BCUT2D eigenvalue weighted by Gasteiger charge is -2.10. The number of carbonyl (C=O) groups excluding carboxylic acids is 1. The van der Waals surface area contributed by atoms with Gasteiger partial charge in [-0.25, -0.2) is 4.68 Å². The minimum Gasteiger partial charge on any atom is -0.460 e. The molecule has 0 radical (unpaired) electrons. The Morgan fingerprint density at radius 1 is 1.00 bits per heavy atom. The lowest BCUT2D eigenvalue weighted by molar-refractivity contribution is 0.102. The normalized spacial score (nSPS) is 10.9. The molecule has 6 nitrogen and oxygen atoms in total. The van der Waals surface area contributed by atoms with E-state index in [0.717, 1.165) is 16.8 Å². The van der Waals surface area contributed by atoms with Crippen LogP contribution < -0.4 is 10.1 Å². The predicted molar refractivity (Wildman–Crippen MR) is 127 cm³/mol. The number of aryl methyl sites for hydroxylation is 1. The Bertz CT molecular complexity index is 1230. The molecule has 0 saturated heterocycles. The molecule has 0 unspecified atom stereocenters. The van der Waals surface area contributed by atoms with E-state index in [9.17, 15) is 4.79 Å². The van der Waals surface area contributed by atoms with Gasteiger partial charge in [-0.1, -0.05) is 35.9 Å². The maximum absolute atomic E-state index is 12.5.